The van der Waals surface area contributed by atoms with Crippen LogP contribution in [0, 0.1) is 5.82 Å². The first-order chi connectivity index (χ1) is 8.22. The SMILES string of the molecule is COc1ccc(F)c2sc3c(=O)[nH]cnc3c12. The molecule has 2 aromatic heterocycles. The number of fused-ring (bicyclic) bond motifs is 3. The maximum atomic E-state index is 13.7. The Morgan fingerprint density at radius 1 is 1.41 bits per heavy atom. The highest BCUT2D eigenvalue weighted by Crippen LogP contribution is 2.37. The van der Waals surface area contributed by atoms with Crippen LogP contribution in [0.1, 0.15) is 0 Å². The van der Waals surface area contributed by atoms with Crippen molar-refractivity contribution in [1.82, 2.24) is 9.97 Å². The number of nitrogens with zero attached hydrogens (tertiary/aromatic N) is 1. The van der Waals surface area contributed by atoms with E-state index in [1.807, 2.05) is 0 Å². The Balaban J connectivity index is 2.65. The molecule has 4 nitrogen and oxygen atoms in total. The van der Waals surface area contributed by atoms with Crippen LogP contribution in [-0.4, -0.2) is 17.1 Å². The van der Waals surface area contributed by atoms with Crippen molar-refractivity contribution in [1.29, 1.82) is 0 Å². The number of thiophene rings is 1. The summed E-state index contributed by atoms with van der Waals surface area (Å²) in [6.07, 6.45) is 1.31. The summed E-state index contributed by atoms with van der Waals surface area (Å²) in [6, 6.07) is 2.86. The van der Waals surface area contributed by atoms with Crippen molar-refractivity contribution in [3.8, 4) is 5.75 Å². The quantitative estimate of drug-likeness (QED) is 0.721. The Kier molecular flexibility index (Phi) is 2.12. The van der Waals surface area contributed by atoms with E-state index in [9.17, 15) is 9.18 Å². The largest absolute Gasteiger partial charge is 0.496 e. The lowest BCUT2D eigenvalue weighted by molar-refractivity contribution is 0.419. The summed E-state index contributed by atoms with van der Waals surface area (Å²) in [4.78, 5) is 18.2. The highest BCUT2D eigenvalue weighted by atomic mass is 32.1. The minimum Gasteiger partial charge on any atom is -0.496 e. The van der Waals surface area contributed by atoms with Crippen LogP contribution < -0.4 is 10.3 Å². The topological polar surface area (TPSA) is 55.0 Å². The van der Waals surface area contributed by atoms with Gasteiger partial charge < -0.3 is 9.72 Å². The Morgan fingerprint density at radius 3 is 3.00 bits per heavy atom. The zero-order valence-corrected chi connectivity index (χ0v) is 9.60. The Morgan fingerprint density at radius 2 is 2.24 bits per heavy atom. The fourth-order valence-electron chi connectivity index (χ4n) is 1.80. The molecule has 1 aromatic carbocycles. The smallest absolute Gasteiger partial charge is 0.268 e. The number of aromatic amines is 1. The average molecular weight is 250 g/mol. The molecule has 0 aliphatic heterocycles. The molecule has 2 heterocycles. The molecule has 86 valence electrons. The molecule has 1 N–H and O–H groups in total. The third-order valence-corrected chi connectivity index (χ3v) is 3.73. The summed E-state index contributed by atoms with van der Waals surface area (Å²) < 4.78 is 19.7. The van der Waals surface area contributed by atoms with Gasteiger partial charge in [0, 0.05) is 0 Å². The summed E-state index contributed by atoms with van der Waals surface area (Å²) in [7, 11) is 1.50. The van der Waals surface area contributed by atoms with E-state index in [2.05, 4.69) is 9.97 Å². The Hall–Kier alpha value is -1.95. The third-order valence-electron chi connectivity index (χ3n) is 2.54. The van der Waals surface area contributed by atoms with Crippen LogP contribution >= 0.6 is 11.3 Å². The molecule has 0 atom stereocenters. The standard InChI is InChI=1S/C11H7FN2O2S/c1-16-6-3-2-5(12)9-7(6)8-10(17-9)11(15)14-4-13-8/h2-4H,1H3,(H,13,14,15). The van der Waals surface area contributed by atoms with Crippen molar-refractivity contribution in [2.45, 2.75) is 0 Å². The first-order valence-electron chi connectivity index (χ1n) is 4.84. The number of hydrogen-bond donors (Lipinski definition) is 1. The average Bonchev–Trinajstić information content (AvgIpc) is 2.72. The number of nitrogens with one attached hydrogen (secondary N) is 1. The molecule has 0 saturated heterocycles. The summed E-state index contributed by atoms with van der Waals surface area (Å²) in [6.45, 7) is 0. The molecule has 0 unspecified atom stereocenters. The van der Waals surface area contributed by atoms with Crippen molar-refractivity contribution in [2.75, 3.05) is 7.11 Å². The highest BCUT2D eigenvalue weighted by molar-refractivity contribution is 7.25. The van der Waals surface area contributed by atoms with Crippen molar-refractivity contribution >= 4 is 31.6 Å². The molecule has 0 bridgehead atoms. The summed E-state index contributed by atoms with van der Waals surface area (Å²) in [5, 5.41) is 0.554. The van der Waals surface area contributed by atoms with Gasteiger partial charge in [-0.2, -0.15) is 0 Å². The maximum absolute atomic E-state index is 13.7. The van der Waals surface area contributed by atoms with Gasteiger partial charge in [-0.05, 0) is 12.1 Å². The fraction of sp³-hybridized carbons (Fsp3) is 0.0909. The molecule has 3 rings (SSSR count). The predicted octanol–water partition coefficient (Wildman–Crippen LogP) is 2.29. The van der Waals surface area contributed by atoms with E-state index in [0.717, 1.165) is 11.3 Å². The maximum Gasteiger partial charge on any atom is 0.268 e. The molecule has 0 radical (unpaired) electrons. The fourth-order valence-corrected chi connectivity index (χ4v) is 2.87. The van der Waals surface area contributed by atoms with Gasteiger partial charge >= 0.3 is 0 Å². The van der Waals surface area contributed by atoms with Gasteiger partial charge in [-0.25, -0.2) is 9.37 Å². The normalized spacial score (nSPS) is 11.2. The Bertz CT molecular complexity index is 778. The molecule has 0 saturated carbocycles. The number of rotatable bonds is 1. The molecular weight excluding hydrogens is 243 g/mol. The predicted molar refractivity (Wildman–Crippen MR) is 64.3 cm³/mol. The van der Waals surface area contributed by atoms with Crippen LogP contribution in [0.2, 0.25) is 0 Å². The number of hydrogen-bond acceptors (Lipinski definition) is 4. The lowest BCUT2D eigenvalue weighted by Crippen LogP contribution is -2.03. The van der Waals surface area contributed by atoms with Gasteiger partial charge in [0.05, 0.1) is 23.5 Å². The second kappa shape index (κ2) is 3.53. The second-order valence-electron chi connectivity index (χ2n) is 3.47. The van der Waals surface area contributed by atoms with Crippen molar-refractivity contribution in [3.05, 3.63) is 34.6 Å². The summed E-state index contributed by atoms with van der Waals surface area (Å²) in [5.41, 5.74) is 0.211. The summed E-state index contributed by atoms with van der Waals surface area (Å²) >= 11 is 1.08. The van der Waals surface area contributed by atoms with E-state index in [4.69, 9.17) is 4.74 Å². The first kappa shape index (κ1) is 10.2. The van der Waals surface area contributed by atoms with E-state index in [1.165, 1.54) is 25.6 Å². The molecule has 6 heteroatoms. The minimum absolute atomic E-state index is 0.266. The van der Waals surface area contributed by atoms with Gasteiger partial charge in [0.25, 0.3) is 5.56 Å². The number of halogens is 1. The molecule has 0 aliphatic carbocycles. The van der Waals surface area contributed by atoms with Gasteiger partial charge in [0.1, 0.15) is 21.8 Å². The zero-order chi connectivity index (χ0) is 12.0. The molecule has 0 spiro atoms. The van der Waals surface area contributed by atoms with Gasteiger partial charge in [0.2, 0.25) is 0 Å². The van der Waals surface area contributed by atoms with Crippen LogP contribution in [0.15, 0.2) is 23.3 Å². The minimum atomic E-state index is -0.372. The van der Waals surface area contributed by atoms with Crippen molar-refractivity contribution in [2.24, 2.45) is 0 Å². The van der Waals surface area contributed by atoms with E-state index in [0.29, 0.717) is 26.1 Å². The van der Waals surface area contributed by atoms with Crippen LogP contribution in [-0.2, 0) is 0 Å². The van der Waals surface area contributed by atoms with Crippen molar-refractivity contribution < 1.29 is 9.13 Å². The third kappa shape index (κ3) is 1.34. The monoisotopic (exact) mass is 250 g/mol. The van der Waals surface area contributed by atoms with Crippen LogP contribution in [0.3, 0.4) is 0 Å². The van der Waals surface area contributed by atoms with E-state index in [-0.39, 0.29) is 11.4 Å². The summed E-state index contributed by atoms with van der Waals surface area (Å²) in [5.74, 6) is 0.147. The number of methoxy groups -OCH3 is 1. The van der Waals surface area contributed by atoms with E-state index in [1.54, 1.807) is 0 Å². The molecule has 3 aromatic rings. The van der Waals surface area contributed by atoms with Gasteiger partial charge in [-0.1, -0.05) is 0 Å². The van der Waals surface area contributed by atoms with Crippen LogP contribution in [0.25, 0.3) is 20.3 Å². The van der Waals surface area contributed by atoms with E-state index >= 15 is 0 Å². The molecule has 17 heavy (non-hydrogen) atoms. The molecule has 0 fully saturated rings. The number of benzene rings is 1. The van der Waals surface area contributed by atoms with Gasteiger partial charge in [-0.3, -0.25) is 4.79 Å². The second-order valence-corrected chi connectivity index (χ2v) is 4.49. The first-order valence-corrected chi connectivity index (χ1v) is 5.66. The van der Waals surface area contributed by atoms with E-state index < -0.39 is 0 Å². The highest BCUT2D eigenvalue weighted by Gasteiger charge is 2.16. The lowest BCUT2D eigenvalue weighted by atomic mass is 10.2. The lowest BCUT2D eigenvalue weighted by Gasteiger charge is -2.01. The van der Waals surface area contributed by atoms with Crippen LogP contribution in [0.4, 0.5) is 4.39 Å². The number of H-pyrrole nitrogens is 1. The zero-order valence-electron chi connectivity index (χ0n) is 8.78. The molecule has 0 aliphatic rings. The molecule has 0 amide bonds. The van der Waals surface area contributed by atoms with Crippen LogP contribution in [0.5, 0.6) is 5.75 Å². The van der Waals surface area contributed by atoms with Gasteiger partial charge in [0.15, 0.2) is 0 Å². The number of ether oxygens (including phenoxy) is 1. The Labute approximate surface area is 98.7 Å². The number of aromatic nitrogens is 2. The van der Waals surface area contributed by atoms with Gasteiger partial charge in [-0.15, -0.1) is 11.3 Å². The molecular formula is C11H7FN2O2S. The van der Waals surface area contributed by atoms with Crippen molar-refractivity contribution in [3.63, 3.8) is 0 Å².